The van der Waals surface area contributed by atoms with Crippen molar-refractivity contribution in [3.8, 4) is 11.3 Å². The van der Waals surface area contributed by atoms with Gasteiger partial charge in [0, 0.05) is 23.6 Å². The SMILES string of the molecule is O=C(CN1CCCC1=O)NCc1ccc(-c2ccc(Cl)cc2)o1. The molecule has 1 saturated heterocycles. The van der Waals surface area contributed by atoms with Crippen LogP contribution in [0, 0.1) is 0 Å². The Labute approximate surface area is 139 Å². The van der Waals surface area contributed by atoms with Crippen molar-refractivity contribution in [2.45, 2.75) is 19.4 Å². The van der Waals surface area contributed by atoms with E-state index in [0.29, 0.717) is 30.3 Å². The molecule has 23 heavy (non-hydrogen) atoms. The number of nitrogens with zero attached hydrogens (tertiary/aromatic N) is 1. The van der Waals surface area contributed by atoms with Gasteiger partial charge in [0.2, 0.25) is 11.8 Å². The Balaban J connectivity index is 1.53. The van der Waals surface area contributed by atoms with Crippen molar-refractivity contribution in [3.05, 3.63) is 47.2 Å². The number of carbonyl (C=O) groups is 2. The first-order valence-corrected chi connectivity index (χ1v) is 7.89. The maximum Gasteiger partial charge on any atom is 0.240 e. The molecule has 1 aliphatic heterocycles. The van der Waals surface area contributed by atoms with Crippen molar-refractivity contribution < 1.29 is 14.0 Å². The van der Waals surface area contributed by atoms with Crippen LogP contribution in [0.1, 0.15) is 18.6 Å². The van der Waals surface area contributed by atoms with Gasteiger partial charge in [-0.2, -0.15) is 0 Å². The van der Waals surface area contributed by atoms with Crippen LogP contribution < -0.4 is 5.32 Å². The average molecular weight is 333 g/mol. The van der Waals surface area contributed by atoms with E-state index in [4.69, 9.17) is 16.0 Å². The van der Waals surface area contributed by atoms with Crippen LogP contribution in [0.4, 0.5) is 0 Å². The molecule has 0 spiro atoms. The number of benzene rings is 1. The third-order valence-electron chi connectivity index (χ3n) is 3.76. The fourth-order valence-corrected chi connectivity index (χ4v) is 2.65. The number of amides is 2. The summed E-state index contributed by atoms with van der Waals surface area (Å²) < 4.78 is 5.71. The molecule has 1 aliphatic rings. The van der Waals surface area contributed by atoms with E-state index in [1.165, 1.54) is 0 Å². The lowest BCUT2D eigenvalue weighted by atomic mass is 10.2. The summed E-state index contributed by atoms with van der Waals surface area (Å²) in [7, 11) is 0. The molecule has 2 heterocycles. The van der Waals surface area contributed by atoms with Gasteiger partial charge in [-0.05, 0) is 42.8 Å². The molecule has 0 saturated carbocycles. The number of hydrogen-bond donors (Lipinski definition) is 1. The Bertz CT molecular complexity index is 709. The van der Waals surface area contributed by atoms with Gasteiger partial charge in [0.15, 0.2) is 0 Å². The summed E-state index contributed by atoms with van der Waals surface area (Å²) in [5.74, 6) is 1.25. The Morgan fingerprint density at radius 1 is 1.22 bits per heavy atom. The molecule has 1 aromatic carbocycles. The van der Waals surface area contributed by atoms with E-state index in [1.807, 2.05) is 24.3 Å². The molecule has 1 fully saturated rings. The van der Waals surface area contributed by atoms with E-state index in [2.05, 4.69) is 5.32 Å². The van der Waals surface area contributed by atoms with Crippen molar-refractivity contribution in [1.82, 2.24) is 10.2 Å². The van der Waals surface area contributed by atoms with Gasteiger partial charge in [-0.3, -0.25) is 9.59 Å². The highest BCUT2D eigenvalue weighted by Crippen LogP contribution is 2.23. The first-order valence-electron chi connectivity index (χ1n) is 7.51. The number of hydrogen-bond acceptors (Lipinski definition) is 3. The lowest BCUT2D eigenvalue weighted by Gasteiger charge is -2.14. The summed E-state index contributed by atoms with van der Waals surface area (Å²) in [4.78, 5) is 24.9. The second kappa shape index (κ2) is 6.87. The van der Waals surface area contributed by atoms with Crippen LogP contribution in [0.5, 0.6) is 0 Å². The molecule has 0 radical (unpaired) electrons. The Hall–Kier alpha value is -2.27. The van der Waals surface area contributed by atoms with E-state index >= 15 is 0 Å². The maximum absolute atomic E-state index is 11.9. The zero-order valence-corrected chi connectivity index (χ0v) is 13.3. The summed E-state index contributed by atoms with van der Waals surface area (Å²) in [5, 5.41) is 3.44. The molecule has 0 atom stereocenters. The molecular weight excluding hydrogens is 316 g/mol. The largest absolute Gasteiger partial charge is 0.459 e. The first-order chi connectivity index (χ1) is 11.1. The van der Waals surface area contributed by atoms with Gasteiger partial charge < -0.3 is 14.6 Å². The van der Waals surface area contributed by atoms with Crippen molar-refractivity contribution in [1.29, 1.82) is 0 Å². The minimum atomic E-state index is -0.176. The highest BCUT2D eigenvalue weighted by atomic mass is 35.5. The van der Waals surface area contributed by atoms with E-state index in [1.54, 1.807) is 17.0 Å². The molecule has 1 aromatic heterocycles. The third-order valence-corrected chi connectivity index (χ3v) is 4.01. The Kier molecular flexibility index (Phi) is 4.67. The molecule has 120 valence electrons. The second-order valence-corrected chi connectivity index (χ2v) is 5.90. The smallest absolute Gasteiger partial charge is 0.240 e. The molecule has 1 N–H and O–H groups in total. The van der Waals surface area contributed by atoms with Gasteiger partial charge in [0.05, 0.1) is 13.1 Å². The molecule has 3 rings (SSSR count). The van der Waals surface area contributed by atoms with Gasteiger partial charge in [0.25, 0.3) is 0 Å². The predicted molar refractivity (Wildman–Crippen MR) is 86.8 cm³/mol. The molecule has 5 nitrogen and oxygen atoms in total. The molecule has 2 aromatic rings. The summed E-state index contributed by atoms with van der Waals surface area (Å²) in [6, 6.07) is 11.0. The highest BCUT2D eigenvalue weighted by Gasteiger charge is 2.22. The van der Waals surface area contributed by atoms with Crippen LogP contribution >= 0.6 is 11.6 Å². The normalized spacial score (nSPS) is 14.3. The van der Waals surface area contributed by atoms with E-state index in [0.717, 1.165) is 17.7 Å². The monoisotopic (exact) mass is 332 g/mol. The van der Waals surface area contributed by atoms with Gasteiger partial charge in [0.1, 0.15) is 11.5 Å². The van der Waals surface area contributed by atoms with Crippen LogP contribution in [0.25, 0.3) is 11.3 Å². The van der Waals surface area contributed by atoms with Gasteiger partial charge in [-0.1, -0.05) is 11.6 Å². The third kappa shape index (κ3) is 3.93. The predicted octanol–water partition coefficient (Wildman–Crippen LogP) is 2.84. The second-order valence-electron chi connectivity index (χ2n) is 5.47. The van der Waals surface area contributed by atoms with Crippen molar-refractivity contribution in [2.75, 3.05) is 13.1 Å². The standard InChI is InChI=1S/C17H17ClN2O3/c18-13-5-3-12(4-6-13)15-8-7-14(23-15)10-19-16(21)11-20-9-1-2-17(20)22/h3-8H,1-2,9-11H2,(H,19,21). The first kappa shape index (κ1) is 15.6. The van der Waals surface area contributed by atoms with Crippen molar-refractivity contribution in [2.24, 2.45) is 0 Å². The number of carbonyl (C=O) groups excluding carboxylic acids is 2. The molecule has 6 heteroatoms. The zero-order valence-electron chi connectivity index (χ0n) is 12.5. The average Bonchev–Trinajstić information content (AvgIpc) is 3.16. The Morgan fingerprint density at radius 3 is 2.70 bits per heavy atom. The molecule has 0 unspecified atom stereocenters. The summed E-state index contributed by atoms with van der Waals surface area (Å²) in [5.41, 5.74) is 0.926. The van der Waals surface area contributed by atoms with Crippen LogP contribution in [0.3, 0.4) is 0 Å². The van der Waals surface area contributed by atoms with Crippen LogP contribution in [-0.2, 0) is 16.1 Å². The summed E-state index contributed by atoms with van der Waals surface area (Å²) in [6.45, 7) is 1.08. The van der Waals surface area contributed by atoms with Crippen molar-refractivity contribution in [3.63, 3.8) is 0 Å². The number of halogens is 1. The minimum absolute atomic E-state index is 0.0446. The van der Waals surface area contributed by atoms with Gasteiger partial charge in [-0.25, -0.2) is 0 Å². The van der Waals surface area contributed by atoms with Crippen LogP contribution in [0.2, 0.25) is 5.02 Å². The molecular formula is C17H17ClN2O3. The minimum Gasteiger partial charge on any atom is -0.459 e. The quantitative estimate of drug-likeness (QED) is 0.915. The topological polar surface area (TPSA) is 62.6 Å². The molecule has 0 aliphatic carbocycles. The number of furan rings is 1. The number of rotatable bonds is 5. The van der Waals surface area contributed by atoms with Crippen molar-refractivity contribution >= 4 is 23.4 Å². The molecule has 0 bridgehead atoms. The van der Waals surface area contributed by atoms with Crippen LogP contribution in [-0.4, -0.2) is 29.8 Å². The summed E-state index contributed by atoms with van der Waals surface area (Å²) >= 11 is 5.86. The highest BCUT2D eigenvalue weighted by molar-refractivity contribution is 6.30. The number of nitrogens with one attached hydrogen (secondary N) is 1. The zero-order chi connectivity index (χ0) is 16.2. The van der Waals surface area contributed by atoms with Gasteiger partial charge in [-0.15, -0.1) is 0 Å². The summed E-state index contributed by atoms with van der Waals surface area (Å²) in [6.07, 6.45) is 1.37. The number of likely N-dealkylation sites (tertiary alicyclic amines) is 1. The van der Waals surface area contributed by atoms with Crippen LogP contribution in [0.15, 0.2) is 40.8 Å². The fourth-order valence-electron chi connectivity index (χ4n) is 2.53. The lowest BCUT2D eigenvalue weighted by molar-refractivity contribution is -0.133. The Morgan fingerprint density at radius 2 is 2.00 bits per heavy atom. The lowest BCUT2D eigenvalue weighted by Crippen LogP contribution is -2.37. The molecule has 2 amide bonds. The maximum atomic E-state index is 11.9. The van der Waals surface area contributed by atoms with E-state index in [9.17, 15) is 9.59 Å². The van der Waals surface area contributed by atoms with E-state index < -0.39 is 0 Å². The fraction of sp³-hybridized carbons (Fsp3) is 0.294. The van der Waals surface area contributed by atoms with E-state index in [-0.39, 0.29) is 18.4 Å². The van der Waals surface area contributed by atoms with Gasteiger partial charge >= 0.3 is 0 Å².